The molecule has 1 aromatic carbocycles. The van der Waals surface area contributed by atoms with Crippen LogP contribution in [0.25, 0.3) is 11.3 Å². The minimum absolute atomic E-state index is 0.0976. The zero-order valence-corrected chi connectivity index (χ0v) is 17.5. The van der Waals surface area contributed by atoms with E-state index in [9.17, 15) is 5.26 Å². The predicted molar refractivity (Wildman–Crippen MR) is 113 cm³/mol. The maximum atomic E-state index is 9.86. The summed E-state index contributed by atoms with van der Waals surface area (Å²) in [6.07, 6.45) is 8.02. The molecule has 2 aromatic rings. The molecule has 3 rings (SSSR count). The zero-order valence-electron chi connectivity index (χ0n) is 16.7. The van der Waals surface area contributed by atoms with Crippen molar-refractivity contribution in [2.75, 3.05) is 11.6 Å². The van der Waals surface area contributed by atoms with E-state index in [1.54, 1.807) is 0 Å². The van der Waals surface area contributed by atoms with Crippen LogP contribution in [0, 0.1) is 11.3 Å². The van der Waals surface area contributed by atoms with Crippen molar-refractivity contribution >= 4 is 17.6 Å². The number of benzene rings is 1. The van der Waals surface area contributed by atoms with E-state index in [1.807, 2.05) is 6.26 Å². The predicted octanol–water partition coefficient (Wildman–Crippen LogP) is 5.78. The highest BCUT2D eigenvalue weighted by atomic mass is 32.2. The van der Waals surface area contributed by atoms with Crippen LogP contribution in [0.3, 0.4) is 0 Å². The van der Waals surface area contributed by atoms with Crippen molar-refractivity contribution in [2.24, 2.45) is 0 Å². The van der Waals surface area contributed by atoms with Gasteiger partial charge in [-0.3, -0.25) is 0 Å². The number of thioether (sulfide) groups is 1. The highest BCUT2D eigenvalue weighted by Gasteiger charge is 2.21. The molecule has 1 aliphatic carbocycles. The topological polar surface area (TPSA) is 61.6 Å². The smallest absolute Gasteiger partial charge is 0.189 e. The van der Waals surface area contributed by atoms with Crippen LogP contribution in [0.4, 0.5) is 5.82 Å². The summed E-state index contributed by atoms with van der Waals surface area (Å²) >= 11 is 1.51. The number of hydrogen-bond acceptors (Lipinski definition) is 5. The fraction of sp³-hybridized carbons (Fsp3) is 0.500. The molecule has 27 heavy (non-hydrogen) atoms. The lowest BCUT2D eigenvalue weighted by Gasteiger charge is -2.24. The Labute approximate surface area is 166 Å². The fourth-order valence-electron chi connectivity index (χ4n) is 3.52. The molecule has 1 aromatic heterocycles. The van der Waals surface area contributed by atoms with Crippen molar-refractivity contribution in [3.8, 4) is 17.3 Å². The molecule has 0 atom stereocenters. The molecule has 0 spiro atoms. The molecule has 4 nitrogen and oxygen atoms in total. The van der Waals surface area contributed by atoms with Gasteiger partial charge in [-0.25, -0.2) is 9.97 Å². The zero-order chi connectivity index (χ0) is 19.4. The van der Waals surface area contributed by atoms with Gasteiger partial charge >= 0.3 is 0 Å². The van der Waals surface area contributed by atoms with Gasteiger partial charge in [-0.05, 0) is 30.1 Å². The first-order valence-electron chi connectivity index (χ1n) is 9.66. The van der Waals surface area contributed by atoms with E-state index < -0.39 is 0 Å². The molecule has 0 aliphatic heterocycles. The van der Waals surface area contributed by atoms with Crippen molar-refractivity contribution in [3.05, 3.63) is 35.4 Å². The van der Waals surface area contributed by atoms with E-state index >= 15 is 0 Å². The molecule has 142 valence electrons. The van der Waals surface area contributed by atoms with Gasteiger partial charge in [0.25, 0.3) is 0 Å². The van der Waals surface area contributed by atoms with E-state index in [4.69, 9.17) is 0 Å². The number of nitrogens with zero attached hydrogens (tertiary/aromatic N) is 3. The first-order valence-corrected chi connectivity index (χ1v) is 10.9. The summed E-state index contributed by atoms with van der Waals surface area (Å²) in [4.78, 5) is 9.28. The number of anilines is 1. The van der Waals surface area contributed by atoms with Gasteiger partial charge in [0.05, 0.1) is 5.69 Å². The summed E-state index contributed by atoms with van der Waals surface area (Å²) in [7, 11) is 0. The van der Waals surface area contributed by atoms with Crippen molar-refractivity contribution in [2.45, 2.75) is 69.5 Å². The van der Waals surface area contributed by atoms with Gasteiger partial charge in [-0.15, -0.1) is 0 Å². The first-order chi connectivity index (χ1) is 12.9. The Hall–Kier alpha value is -2.06. The first kappa shape index (κ1) is 19.7. The molecule has 0 unspecified atom stereocenters. The molecule has 1 saturated carbocycles. The van der Waals surface area contributed by atoms with E-state index in [0.717, 1.165) is 24.1 Å². The number of rotatable bonds is 4. The number of nitrogens with one attached hydrogen (secondary N) is 1. The Morgan fingerprint density at radius 3 is 2.30 bits per heavy atom. The Kier molecular flexibility index (Phi) is 6.06. The lowest BCUT2D eigenvalue weighted by atomic mass is 9.86. The standard InChI is InChI=1S/C22H28N4S/c1-22(2,3)16-12-10-15(11-13-16)19-18(14-23)20(26-21(25-19)27-4)24-17-8-6-5-7-9-17/h10-13,17H,5-9H2,1-4H3,(H,24,25,26). The molecule has 0 amide bonds. The fourth-order valence-corrected chi connectivity index (χ4v) is 3.88. The van der Waals surface area contributed by atoms with E-state index in [1.165, 1.54) is 36.6 Å². The monoisotopic (exact) mass is 380 g/mol. The molecular formula is C22H28N4S. The molecule has 1 aliphatic rings. The van der Waals surface area contributed by atoms with Gasteiger partial charge in [0.1, 0.15) is 17.5 Å². The molecule has 0 bridgehead atoms. The molecule has 1 fully saturated rings. The van der Waals surface area contributed by atoms with Gasteiger partial charge in [0.15, 0.2) is 5.16 Å². The Balaban J connectivity index is 2.01. The van der Waals surface area contributed by atoms with Crippen LogP contribution in [0.2, 0.25) is 0 Å². The Bertz CT molecular complexity index is 825. The average molecular weight is 381 g/mol. The highest BCUT2D eigenvalue weighted by molar-refractivity contribution is 7.98. The van der Waals surface area contributed by atoms with Crippen LogP contribution in [-0.4, -0.2) is 22.3 Å². The van der Waals surface area contributed by atoms with Crippen molar-refractivity contribution in [3.63, 3.8) is 0 Å². The van der Waals surface area contributed by atoms with Crippen LogP contribution >= 0.6 is 11.8 Å². The van der Waals surface area contributed by atoms with Gasteiger partial charge in [-0.2, -0.15) is 5.26 Å². The van der Waals surface area contributed by atoms with Crippen LogP contribution in [0.5, 0.6) is 0 Å². The third-order valence-corrected chi connectivity index (χ3v) is 5.70. The summed E-state index contributed by atoms with van der Waals surface area (Å²) in [6.45, 7) is 6.60. The summed E-state index contributed by atoms with van der Waals surface area (Å²) in [6, 6.07) is 11.1. The summed E-state index contributed by atoms with van der Waals surface area (Å²) in [5.41, 5.74) is 3.59. The summed E-state index contributed by atoms with van der Waals surface area (Å²) in [5, 5.41) is 14.1. The lowest BCUT2D eigenvalue weighted by molar-refractivity contribution is 0.461. The number of aromatic nitrogens is 2. The summed E-state index contributed by atoms with van der Waals surface area (Å²) < 4.78 is 0. The Morgan fingerprint density at radius 1 is 1.07 bits per heavy atom. The average Bonchev–Trinajstić information content (AvgIpc) is 2.67. The molecular weight excluding hydrogens is 352 g/mol. The second-order valence-electron chi connectivity index (χ2n) is 8.20. The van der Waals surface area contributed by atoms with Gasteiger partial charge in [0.2, 0.25) is 0 Å². The second kappa shape index (κ2) is 8.31. The van der Waals surface area contributed by atoms with Crippen LogP contribution < -0.4 is 5.32 Å². The normalized spacial score (nSPS) is 15.4. The number of hydrogen-bond donors (Lipinski definition) is 1. The quantitative estimate of drug-likeness (QED) is 0.538. The third kappa shape index (κ3) is 4.62. The molecule has 0 radical (unpaired) electrons. The van der Waals surface area contributed by atoms with Crippen LogP contribution in [0.1, 0.15) is 64.0 Å². The van der Waals surface area contributed by atoms with E-state index in [-0.39, 0.29) is 5.41 Å². The van der Waals surface area contributed by atoms with Gasteiger partial charge < -0.3 is 5.32 Å². The van der Waals surface area contributed by atoms with E-state index in [2.05, 4.69) is 66.4 Å². The second-order valence-corrected chi connectivity index (χ2v) is 8.97. The minimum atomic E-state index is 0.0976. The third-order valence-electron chi connectivity index (χ3n) is 5.15. The van der Waals surface area contributed by atoms with Crippen LogP contribution in [0.15, 0.2) is 29.4 Å². The van der Waals surface area contributed by atoms with E-state index in [0.29, 0.717) is 22.6 Å². The lowest BCUT2D eigenvalue weighted by Crippen LogP contribution is -2.24. The molecule has 1 heterocycles. The van der Waals surface area contributed by atoms with Crippen LogP contribution in [-0.2, 0) is 5.41 Å². The maximum absolute atomic E-state index is 9.86. The minimum Gasteiger partial charge on any atom is -0.366 e. The van der Waals surface area contributed by atoms with Gasteiger partial charge in [-0.1, -0.05) is 76.1 Å². The van der Waals surface area contributed by atoms with Crippen molar-refractivity contribution in [1.29, 1.82) is 5.26 Å². The molecule has 5 heteroatoms. The largest absolute Gasteiger partial charge is 0.366 e. The molecule has 0 saturated heterocycles. The molecule has 1 N–H and O–H groups in total. The van der Waals surface area contributed by atoms with Gasteiger partial charge in [0, 0.05) is 11.6 Å². The maximum Gasteiger partial charge on any atom is 0.189 e. The van der Waals surface area contributed by atoms with Crippen molar-refractivity contribution in [1.82, 2.24) is 9.97 Å². The Morgan fingerprint density at radius 2 is 1.74 bits per heavy atom. The number of nitriles is 1. The summed E-state index contributed by atoms with van der Waals surface area (Å²) in [5.74, 6) is 0.679. The highest BCUT2D eigenvalue weighted by Crippen LogP contribution is 2.32. The van der Waals surface area contributed by atoms with Crippen molar-refractivity contribution < 1.29 is 0 Å². The SMILES string of the molecule is CSc1nc(NC2CCCCC2)c(C#N)c(-c2ccc(C(C)(C)C)cc2)n1.